The molecule has 0 radical (unpaired) electrons. The average Bonchev–Trinajstić information content (AvgIpc) is 3.51. The Labute approximate surface area is 232 Å². The van der Waals surface area contributed by atoms with Crippen molar-refractivity contribution in [2.75, 3.05) is 0 Å². The Balaban J connectivity index is 1.54. The van der Waals surface area contributed by atoms with Crippen LogP contribution in [0.25, 0.3) is 16.6 Å². The highest BCUT2D eigenvalue weighted by atomic mass is 35.5. The van der Waals surface area contributed by atoms with E-state index in [1.807, 2.05) is 0 Å². The highest BCUT2D eigenvalue weighted by Crippen LogP contribution is 2.49. The first-order valence-electron chi connectivity index (χ1n) is 12.1. The van der Waals surface area contributed by atoms with E-state index >= 15 is 0 Å². The summed E-state index contributed by atoms with van der Waals surface area (Å²) in [4.78, 5) is 24.0. The van der Waals surface area contributed by atoms with Gasteiger partial charge in [-0.25, -0.2) is 4.57 Å². The van der Waals surface area contributed by atoms with Gasteiger partial charge in [-0.15, -0.1) is 0 Å². The number of halogens is 1. The average molecular weight is 593 g/mol. The van der Waals surface area contributed by atoms with Gasteiger partial charge in [-0.3, -0.25) is 14.2 Å². The summed E-state index contributed by atoms with van der Waals surface area (Å²) in [6, 6.07) is 14.8. The molecule has 4 aromatic rings. The molecular formula is C26H26ClN2O10P. The van der Waals surface area contributed by atoms with Gasteiger partial charge in [0.1, 0.15) is 36.6 Å². The van der Waals surface area contributed by atoms with Crippen molar-refractivity contribution in [2.24, 2.45) is 7.05 Å². The molecular weight excluding hydrogens is 567 g/mol. The maximum absolute atomic E-state index is 13.4. The first kappa shape index (κ1) is 28.5. The van der Waals surface area contributed by atoms with E-state index < -0.39 is 44.4 Å². The SMILES string of the molecule is Cn1cccc1C(=O)c1ccccc1-n1cc(OP(=O)(O)OC2[C@H](O)[C@H](O)C(O)[C@H](O)[C@H]2O)c2ccc(Cl)cc21. The van der Waals surface area contributed by atoms with Crippen LogP contribution in [0.5, 0.6) is 5.75 Å². The molecule has 1 saturated carbocycles. The van der Waals surface area contributed by atoms with E-state index in [0.717, 1.165) is 0 Å². The quantitative estimate of drug-likeness (QED) is 0.136. The third-order valence-electron chi connectivity index (χ3n) is 6.86. The maximum atomic E-state index is 13.4. The number of hydrogen-bond donors (Lipinski definition) is 6. The maximum Gasteiger partial charge on any atom is 0.527 e. The van der Waals surface area contributed by atoms with E-state index in [0.29, 0.717) is 32.9 Å². The highest BCUT2D eigenvalue weighted by Gasteiger charge is 2.51. The van der Waals surface area contributed by atoms with Crippen molar-refractivity contribution >= 4 is 36.1 Å². The van der Waals surface area contributed by atoms with Crippen molar-refractivity contribution in [1.82, 2.24) is 9.13 Å². The van der Waals surface area contributed by atoms with Gasteiger partial charge in [-0.05, 0) is 42.5 Å². The molecule has 7 atom stereocenters. The largest absolute Gasteiger partial charge is 0.527 e. The van der Waals surface area contributed by atoms with Crippen LogP contribution in [-0.4, -0.2) is 82.0 Å². The molecule has 2 aromatic carbocycles. The molecule has 3 unspecified atom stereocenters. The topological polar surface area (TPSA) is 184 Å². The number of phosphoric ester groups is 1. The third kappa shape index (κ3) is 5.10. The predicted octanol–water partition coefficient (Wildman–Crippen LogP) is 1.54. The minimum absolute atomic E-state index is 0.167. The minimum atomic E-state index is -5.14. The molecule has 40 heavy (non-hydrogen) atoms. The van der Waals surface area contributed by atoms with Gasteiger partial charge in [-0.2, -0.15) is 0 Å². The first-order valence-corrected chi connectivity index (χ1v) is 13.9. The number of nitrogens with zero attached hydrogens (tertiary/aromatic N) is 2. The third-order valence-corrected chi connectivity index (χ3v) is 8.03. The van der Waals surface area contributed by atoms with Gasteiger partial charge in [-0.1, -0.05) is 23.7 Å². The van der Waals surface area contributed by atoms with Crippen LogP contribution in [0.1, 0.15) is 16.1 Å². The van der Waals surface area contributed by atoms with Gasteiger partial charge < -0.3 is 39.2 Å². The molecule has 2 heterocycles. The van der Waals surface area contributed by atoms with Crippen LogP contribution >= 0.6 is 19.4 Å². The molecule has 1 aliphatic carbocycles. The molecule has 6 N–H and O–H groups in total. The first-order chi connectivity index (χ1) is 18.9. The molecule has 5 rings (SSSR count). The molecule has 0 saturated heterocycles. The zero-order valence-electron chi connectivity index (χ0n) is 20.9. The van der Waals surface area contributed by atoms with E-state index in [1.54, 1.807) is 64.8 Å². The van der Waals surface area contributed by atoms with Gasteiger partial charge in [0, 0.05) is 29.2 Å². The van der Waals surface area contributed by atoms with Crippen LogP contribution in [0.3, 0.4) is 0 Å². The Morgan fingerprint density at radius 2 is 1.57 bits per heavy atom. The summed E-state index contributed by atoms with van der Waals surface area (Å²) >= 11 is 6.25. The van der Waals surface area contributed by atoms with Crippen LogP contribution in [0.4, 0.5) is 0 Å². The number of aliphatic hydroxyl groups excluding tert-OH is 5. The van der Waals surface area contributed by atoms with E-state index in [1.165, 1.54) is 18.3 Å². The number of rotatable bonds is 7. The Morgan fingerprint density at radius 3 is 2.23 bits per heavy atom. The van der Waals surface area contributed by atoms with Crippen molar-refractivity contribution in [3.63, 3.8) is 0 Å². The van der Waals surface area contributed by atoms with Crippen molar-refractivity contribution in [1.29, 1.82) is 0 Å². The summed E-state index contributed by atoms with van der Waals surface area (Å²) in [5.41, 5.74) is 1.60. The van der Waals surface area contributed by atoms with Gasteiger partial charge in [0.2, 0.25) is 5.78 Å². The second-order valence-corrected chi connectivity index (χ2v) is 11.2. The Kier molecular flexibility index (Phi) is 7.66. The van der Waals surface area contributed by atoms with E-state index in [4.69, 9.17) is 20.6 Å². The number of para-hydroxylation sites is 1. The minimum Gasteiger partial charge on any atom is -0.402 e. The van der Waals surface area contributed by atoms with E-state index in [-0.39, 0.29) is 11.5 Å². The number of carbonyl (C=O) groups excluding carboxylic acids is 1. The van der Waals surface area contributed by atoms with Gasteiger partial charge in [0.15, 0.2) is 5.75 Å². The monoisotopic (exact) mass is 592 g/mol. The Morgan fingerprint density at radius 1 is 0.925 bits per heavy atom. The highest BCUT2D eigenvalue weighted by molar-refractivity contribution is 7.47. The fourth-order valence-corrected chi connectivity index (χ4v) is 5.93. The Hall–Kier alpha value is -3.03. The van der Waals surface area contributed by atoms with E-state index in [2.05, 4.69) is 0 Å². The number of ketones is 1. The summed E-state index contributed by atoms with van der Waals surface area (Å²) in [6.07, 6.45) is -8.77. The zero-order chi connectivity index (χ0) is 28.9. The fourth-order valence-electron chi connectivity index (χ4n) is 4.77. The number of aryl methyl sites for hydroxylation is 1. The lowest BCUT2D eigenvalue weighted by molar-refractivity contribution is -0.219. The Bertz CT molecular complexity index is 1600. The van der Waals surface area contributed by atoms with Gasteiger partial charge >= 0.3 is 7.82 Å². The van der Waals surface area contributed by atoms with Crippen molar-refractivity contribution < 1.29 is 48.8 Å². The zero-order valence-corrected chi connectivity index (χ0v) is 22.5. The van der Waals surface area contributed by atoms with Crippen LogP contribution < -0.4 is 4.52 Å². The van der Waals surface area contributed by atoms with Crippen LogP contribution in [0, 0.1) is 0 Å². The lowest BCUT2D eigenvalue weighted by Crippen LogP contribution is -2.64. The predicted molar refractivity (Wildman–Crippen MR) is 142 cm³/mol. The molecule has 0 bridgehead atoms. The molecule has 1 fully saturated rings. The molecule has 0 aliphatic heterocycles. The molecule has 1 aliphatic rings. The normalized spacial score (nSPS) is 26.5. The standard InChI is InChI=1S/C26H26ClN2O10P/c1-28-10-4-7-17(28)20(30)15-5-2-3-6-16(15)29-12-19(14-9-8-13(27)11-18(14)29)38-40(36,37)39-26-24(34)22(32)21(31)23(33)25(26)35/h2-12,21-26,31-35H,1H3,(H,36,37)/t21?,22-,23+,24-,25-,26?/m1/s1. The van der Waals surface area contributed by atoms with Crippen LogP contribution in [0.2, 0.25) is 5.02 Å². The molecule has 0 amide bonds. The molecule has 14 heteroatoms. The van der Waals surface area contributed by atoms with Gasteiger partial charge in [0.25, 0.3) is 0 Å². The van der Waals surface area contributed by atoms with Crippen LogP contribution in [-0.2, 0) is 16.1 Å². The number of fused-ring (bicyclic) bond motifs is 1. The van der Waals surface area contributed by atoms with Gasteiger partial charge in [0.05, 0.1) is 23.1 Å². The second-order valence-electron chi connectivity index (χ2n) is 9.46. The number of aromatic nitrogens is 2. The fraction of sp³-hybridized carbons (Fsp3) is 0.269. The molecule has 12 nitrogen and oxygen atoms in total. The second kappa shape index (κ2) is 10.7. The van der Waals surface area contributed by atoms with Crippen molar-refractivity contribution in [2.45, 2.75) is 36.6 Å². The number of hydrogen-bond acceptors (Lipinski definition) is 9. The summed E-state index contributed by atoms with van der Waals surface area (Å²) in [6.45, 7) is 0. The molecule has 2 aromatic heterocycles. The van der Waals surface area contributed by atoms with E-state index in [9.17, 15) is 39.8 Å². The number of phosphoric acid groups is 1. The smallest absolute Gasteiger partial charge is 0.402 e. The summed E-state index contributed by atoms with van der Waals surface area (Å²) in [5, 5.41) is 50.7. The van der Waals surface area contributed by atoms with Crippen LogP contribution in [0.15, 0.2) is 67.0 Å². The summed E-state index contributed by atoms with van der Waals surface area (Å²) in [5.74, 6) is -0.440. The number of benzene rings is 2. The number of carbonyl (C=O) groups is 1. The van der Waals surface area contributed by atoms with Crippen molar-refractivity contribution in [3.05, 3.63) is 83.3 Å². The molecule has 212 valence electrons. The summed E-state index contributed by atoms with van der Waals surface area (Å²) in [7, 11) is -3.40. The molecule has 0 spiro atoms. The van der Waals surface area contributed by atoms with Crippen molar-refractivity contribution in [3.8, 4) is 11.4 Å². The lowest BCUT2D eigenvalue weighted by atomic mass is 9.85. The lowest BCUT2D eigenvalue weighted by Gasteiger charge is -2.41. The number of aliphatic hydroxyl groups is 5. The summed E-state index contributed by atoms with van der Waals surface area (Å²) < 4.78 is 26.6.